The average molecular weight is 226 g/mol. The molecule has 2 aromatic carbocycles. The number of hydrogen-bond acceptors (Lipinski definition) is 1. The summed E-state index contributed by atoms with van der Waals surface area (Å²) in [5.41, 5.74) is 2.52. The van der Waals surface area contributed by atoms with Gasteiger partial charge in [0.1, 0.15) is 0 Å². The molecule has 0 radical (unpaired) electrons. The van der Waals surface area contributed by atoms with Gasteiger partial charge in [-0.25, -0.2) is 0 Å². The number of rotatable bonds is 4. The fraction of sp³-hybridized carbons (Fsp3) is 0.250. The number of allylic oxidation sites excluding steroid dienone is 1. The van der Waals surface area contributed by atoms with Crippen LogP contribution in [-0.4, -0.2) is 6.61 Å². The maximum absolute atomic E-state index is 5.60. The monoisotopic (exact) mass is 226 g/mol. The third kappa shape index (κ3) is 3.43. The van der Waals surface area contributed by atoms with Crippen molar-refractivity contribution < 1.29 is 4.74 Å². The van der Waals surface area contributed by atoms with Crippen LogP contribution in [0.2, 0.25) is 0 Å². The number of fused-ring (bicyclic) bond motifs is 1. The highest BCUT2D eigenvalue weighted by atomic mass is 16.5. The molecule has 0 saturated carbocycles. The highest BCUT2D eigenvalue weighted by Gasteiger charge is 1.95. The largest absolute Gasteiger partial charge is 0.373 e. The van der Waals surface area contributed by atoms with E-state index in [1.165, 1.54) is 21.9 Å². The highest BCUT2D eigenvalue weighted by molar-refractivity contribution is 5.82. The van der Waals surface area contributed by atoms with Crippen LogP contribution < -0.4 is 0 Å². The standard InChI is InChI=1S/C16H18O/c1-13(2)9-10-17-12-14-7-8-15-5-3-4-6-16(15)11-14/h3-9,11H,10,12H2,1-2H3. The Bertz CT molecular complexity index is 522. The molecule has 0 N–H and O–H groups in total. The number of benzene rings is 2. The molecule has 0 aromatic heterocycles. The minimum Gasteiger partial charge on any atom is -0.373 e. The first-order chi connectivity index (χ1) is 8.25. The van der Waals surface area contributed by atoms with Crippen molar-refractivity contribution in [3.8, 4) is 0 Å². The molecule has 2 aromatic rings. The van der Waals surface area contributed by atoms with Crippen molar-refractivity contribution >= 4 is 10.8 Å². The Kier molecular flexibility index (Phi) is 3.94. The maximum Gasteiger partial charge on any atom is 0.0721 e. The molecule has 0 atom stereocenters. The zero-order chi connectivity index (χ0) is 12.1. The molecule has 0 saturated heterocycles. The summed E-state index contributed by atoms with van der Waals surface area (Å²) < 4.78 is 5.60. The van der Waals surface area contributed by atoms with Crippen molar-refractivity contribution in [1.29, 1.82) is 0 Å². The lowest BCUT2D eigenvalue weighted by Crippen LogP contribution is -1.93. The molecule has 0 bridgehead atoms. The van der Waals surface area contributed by atoms with Crippen LogP contribution in [0.1, 0.15) is 19.4 Å². The predicted octanol–water partition coefficient (Wildman–Crippen LogP) is 4.32. The first-order valence-corrected chi connectivity index (χ1v) is 5.94. The van der Waals surface area contributed by atoms with E-state index in [9.17, 15) is 0 Å². The Hall–Kier alpha value is -1.60. The van der Waals surface area contributed by atoms with Gasteiger partial charge in [-0.1, -0.05) is 48.0 Å². The molecule has 0 heterocycles. The zero-order valence-electron chi connectivity index (χ0n) is 10.4. The van der Waals surface area contributed by atoms with Gasteiger partial charge in [0.25, 0.3) is 0 Å². The van der Waals surface area contributed by atoms with Crippen LogP contribution in [-0.2, 0) is 11.3 Å². The molecular formula is C16H18O. The normalized spacial score (nSPS) is 10.5. The van der Waals surface area contributed by atoms with E-state index in [0.29, 0.717) is 13.2 Å². The maximum atomic E-state index is 5.60. The summed E-state index contributed by atoms with van der Waals surface area (Å²) in [6, 6.07) is 14.9. The van der Waals surface area contributed by atoms with Crippen LogP contribution in [0.4, 0.5) is 0 Å². The quantitative estimate of drug-likeness (QED) is 0.557. The van der Waals surface area contributed by atoms with Crippen LogP contribution in [0, 0.1) is 0 Å². The van der Waals surface area contributed by atoms with Crippen molar-refractivity contribution in [1.82, 2.24) is 0 Å². The first-order valence-electron chi connectivity index (χ1n) is 5.94. The van der Waals surface area contributed by atoms with E-state index in [-0.39, 0.29) is 0 Å². The summed E-state index contributed by atoms with van der Waals surface area (Å²) in [7, 11) is 0. The molecule has 0 aliphatic heterocycles. The second kappa shape index (κ2) is 5.65. The summed E-state index contributed by atoms with van der Waals surface area (Å²) in [5.74, 6) is 0. The Morgan fingerprint density at radius 3 is 2.59 bits per heavy atom. The van der Waals surface area contributed by atoms with Gasteiger partial charge in [0.15, 0.2) is 0 Å². The van der Waals surface area contributed by atoms with Crippen molar-refractivity contribution in [2.24, 2.45) is 0 Å². The highest BCUT2D eigenvalue weighted by Crippen LogP contribution is 2.16. The zero-order valence-corrected chi connectivity index (χ0v) is 10.4. The van der Waals surface area contributed by atoms with Gasteiger partial charge in [0.05, 0.1) is 13.2 Å². The molecule has 1 nitrogen and oxygen atoms in total. The fourth-order valence-electron chi connectivity index (χ4n) is 1.73. The summed E-state index contributed by atoms with van der Waals surface area (Å²) in [6.45, 7) is 5.53. The topological polar surface area (TPSA) is 9.23 Å². The summed E-state index contributed by atoms with van der Waals surface area (Å²) in [4.78, 5) is 0. The molecule has 0 fully saturated rings. The SMILES string of the molecule is CC(C)=CCOCc1ccc2ccccc2c1. The van der Waals surface area contributed by atoms with Crippen LogP contribution in [0.3, 0.4) is 0 Å². The molecule has 0 amide bonds. The average Bonchev–Trinajstić information content (AvgIpc) is 2.34. The smallest absolute Gasteiger partial charge is 0.0721 e. The summed E-state index contributed by atoms with van der Waals surface area (Å²) >= 11 is 0. The van der Waals surface area contributed by atoms with Crippen molar-refractivity contribution in [2.45, 2.75) is 20.5 Å². The van der Waals surface area contributed by atoms with Crippen molar-refractivity contribution in [3.05, 3.63) is 59.7 Å². The van der Waals surface area contributed by atoms with Crippen molar-refractivity contribution in [3.63, 3.8) is 0 Å². The van der Waals surface area contributed by atoms with Gasteiger partial charge >= 0.3 is 0 Å². The van der Waals surface area contributed by atoms with E-state index in [1.54, 1.807) is 0 Å². The molecule has 0 aliphatic carbocycles. The van der Waals surface area contributed by atoms with E-state index >= 15 is 0 Å². The van der Waals surface area contributed by atoms with Crippen LogP contribution in [0.25, 0.3) is 10.8 Å². The van der Waals surface area contributed by atoms with Crippen LogP contribution >= 0.6 is 0 Å². The van der Waals surface area contributed by atoms with Crippen molar-refractivity contribution in [2.75, 3.05) is 6.61 Å². The molecule has 17 heavy (non-hydrogen) atoms. The lowest BCUT2D eigenvalue weighted by atomic mass is 10.1. The minimum atomic E-state index is 0.675. The third-order valence-electron chi connectivity index (χ3n) is 2.69. The minimum absolute atomic E-state index is 0.675. The Morgan fingerprint density at radius 2 is 1.82 bits per heavy atom. The van der Waals surface area contributed by atoms with E-state index in [0.717, 1.165) is 0 Å². The molecule has 2 rings (SSSR count). The van der Waals surface area contributed by atoms with Crippen LogP contribution in [0.15, 0.2) is 54.1 Å². The molecule has 88 valence electrons. The van der Waals surface area contributed by atoms with E-state index < -0.39 is 0 Å². The Balaban J connectivity index is 2.02. The summed E-state index contributed by atoms with van der Waals surface area (Å²) in [5, 5.41) is 2.55. The van der Waals surface area contributed by atoms with E-state index in [4.69, 9.17) is 4.74 Å². The van der Waals surface area contributed by atoms with Gasteiger partial charge in [0, 0.05) is 0 Å². The van der Waals surface area contributed by atoms with Gasteiger partial charge in [-0.05, 0) is 36.2 Å². The molecule has 0 spiro atoms. The fourth-order valence-corrected chi connectivity index (χ4v) is 1.73. The van der Waals surface area contributed by atoms with Gasteiger partial charge < -0.3 is 4.74 Å². The lowest BCUT2D eigenvalue weighted by Gasteiger charge is -2.04. The molecule has 0 unspecified atom stereocenters. The first kappa shape index (κ1) is 11.9. The van der Waals surface area contributed by atoms with Crippen LogP contribution in [0.5, 0.6) is 0 Å². The van der Waals surface area contributed by atoms with E-state index in [2.05, 4.69) is 62.4 Å². The van der Waals surface area contributed by atoms with Gasteiger partial charge in [-0.15, -0.1) is 0 Å². The van der Waals surface area contributed by atoms with Gasteiger partial charge in [-0.2, -0.15) is 0 Å². The summed E-state index contributed by atoms with van der Waals surface area (Å²) in [6.07, 6.45) is 2.10. The molecule has 1 heteroatoms. The Morgan fingerprint density at radius 1 is 1.06 bits per heavy atom. The third-order valence-corrected chi connectivity index (χ3v) is 2.69. The van der Waals surface area contributed by atoms with Gasteiger partial charge in [-0.3, -0.25) is 0 Å². The second-order valence-electron chi connectivity index (χ2n) is 4.48. The predicted molar refractivity (Wildman–Crippen MR) is 73.0 cm³/mol. The lowest BCUT2D eigenvalue weighted by molar-refractivity contribution is 0.148. The number of hydrogen-bond donors (Lipinski definition) is 0. The molecule has 0 aliphatic rings. The Labute approximate surface area is 103 Å². The van der Waals surface area contributed by atoms with Gasteiger partial charge in [0.2, 0.25) is 0 Å². The number of ether oxygens (including phenoxy) is 1. The molecular weight excluding hydrogens is 208 g/mol. The second-order valence-corrected chi connectivity index (χ2v) is 4.48. The van der Waals surface area contributed by atoms with E-state index in [1.807, 2.05) is 0 Å².